The highest BCUT2D eigenvalue weighted by Crippen LogP contribution is 2.42. The molecule has 0 saturated carbocycles. The first-order valence-electron chi connectivity index (χ1n) is 7.20. The molecule has 0 radical (unpaired) electrons. The Morgan fingerprint density at radius 3 is 2.55 bits per heavy atom. The zero-order valence-corrected chi connectivity index (χ0v) is 11.3. The number of nitrogens with zero attached hydrogens (tertiary/aromatic N) is 2. The van der Waals surface area contributed by atoms with Gasteiger partial charge >= 0.3 is 0 Å². The van der Waals surface area contributed by atoms with Crippen LogP contribution >= 0.6 is 0 Å². The van der Waals surface area contributed by atoms with E-state index in [1.807, 2.05) is 18.3 Å². The van der Waals surface area contributed by atoms with Crippen LogP contribution in [0.5, 0.6) is 0 Å². The molecule has 0 N–H and O–H groups in total. The van der Waals surface area contributed by atoms with Crippen LogP contribution < -0.4 is 0 Å². The summed E-state index contributed by atoms with van der Waals surface area (Å²) in [5.41, 5.74) is 3.36. The zero-order valence-electron chi connectivity index (χ0n) is 11.3. The van der Waals surface area contributed by atoms with Gasteiger partial charge in [-0.15, -0.1) is 0 Å². The van der Waals surface area contributed by atoms with E-state index >= 15 is 0 Å². The van der Waals surface area contributed by atoms with Crippen LogP contribution in [-0.2, 0) is 5.41 Å². The van der Waals surface area contributed by atoms with Crippen molar-refractivity contribution in [3.63, 3.8) is 0 Å². The lowest BCUT2D eigenvalue weighted by Crippen LogP contribution is -2.24. The monoisotopic (exact) mass is 268 g/mol. The molecule has 2 aliphatic rings. The first kappa shape index (κ1) is 12.0. The molecule has 2 aliphatic heterocycles. The van der Waals surface area contributed by atoms with Crippen molar-refractivity contribution in [3.8, 4) is 11.3 Å². The number of fused-ring (bicyclic) bond motifs is 2. The lowest BCUT2D eigenvalue weighted by atomic mass is 9.78. The minimum absolute atomic E-state index is 0.214. The summed E-state index contributed by atoms with van der Waals surface area (Å²) in [5, 5.41) is 0. The van der Waals surface area contributed by atoms with E-state index in [0.717, 1.165) is 11.3 Å². The number of halogens is 1. The second kappa shape index (κ2) is 4.38. The third-order valence-electron chi connectivity index (χ3n) is 4.84. The summed E-state index contributed by atoms with van der Waals surface area (Å²) in [5.74, 6) is -0.214. The predicted octanol–water partition coefficient (Wildman–Crippen LogP) is 3.23. The standard InChI is InChI=1S/C17H17FN2/c18-15-3-1-2-13(10-15)16-5-4-14(11-19-16)17-6-8-20(12-17)9-7-17/h1-5,10-11H,6-9,12H2. The average Bonchev–Trinajstić information content (AvgIpc) is 3.09. The van der Waals surface area contributed by atoms with Gasteiger partial charge in [0.15, 0.2) is 0 Å². The van der Waals surface area contributed by atoms with E-state index in [1.54, 1.807) is 6.07 Å². The second-order valence-electron chi connectivity index (χ2n) is 6.00. The Morgan fingerprint density at radius 2 is 1.95 bits per heavy atom. The molecule has 2 fully saturated rings. The van der Waals surface area contributed by atoms with Gasteiger partial charge in [0.25, 0.3) is 0 Å². The third kappa shape index (κ3) is 1.85. The summed E-state index contributed by atoms with van der Waals surface area (Å²) in [7, 11) is 0. The van der Waals surface area contributed by atoms with E-state index < -0.39 is 0 Å². The van der Waals surface area contributed by atoms with Gasteiger partial charge in [0.1, 0.15) is 5.82 Å². The van der Waals surface area contributed by atoms with Crippen LogP contribution in [0.3, 0.4) is 0 Å². The van der Waals surface area contributed by atoms with Gasteiger partial charge in [0.2, 0.25) is 0 Å². The maximum Gasteiger partial charge on any atom is 0.123 e. The molecule has 2 nitrogen and oxygen atoms in total. The van der Waals surface area contributed by atoms with Gasteiger partial charge in [-0.25, -0.2) is 4.39 Å². The van der Waals surface area contributed by atoms with Crippen LogP contribution in [0.2, 0.25) is 0 Å². The van der Waals surface area contributed by atoms with Crippen LogP contribution in [0.25, 0.3) is 11.3 Å². The third-order valence-corrected chi connectivity index (χ3v) is 4.84. The molecule has 3 heterocycles. The van der Waals surface area contributed by atoms with Crippen LogP contribution in [0.4, 0.5) is 4.39 Å². The summed E-state index contributed by atoms with van der Waals surface area (Å²) in [4.78, 5) is 7.09. The zero-order chi connectivity index (χ0) is 13.6. The maximum absolute atomic E-state index is 13.3. The van der Waals surface area contributed by atoms with Gasteiger partial charge in [0, 0.05) is 23.7 Å². The maximum atomic E-state index is 13.3. The topological polar surface area (TPSA) is 16.1 Å². The van der Waals surface area contributed by atoms with Crippen LogP contribution in [-0.4, -0.2) is 29.5 Å². The van der Waals surface area contributed by atoms with E-state index in [2.05, 4.69) is 16.0 Å². The molecule has 0 spiro atoms. The molecular formula is C17H17FN2. The van der Waals surface area contributed by atoms with Crippen LogP contribution in [0.1, 0.15) is 18.4 Å². The Kier molecular flexibility index (Phi) is 2.64. The molecule has 1 aromatic heterocycles. The van der Waals surface area contributed by atoms with Crippen molar-refractivity contribution < 1.29 is 4.39 Å². The van der Waals surface area contributed by atoms with Crippen molar-refractivity contribution in [1.29, 1.82) is 0 Å². The number of rotatable bonds is 2. The number of hydrogen-bond donors (Lipinski definition) is 0. The molecule has 0 amide bonds. The fourth-order valence-electron chi connectivity index (χ4n) is 3.63. The normalized spacial score (nSPS) is 27.9. The molecule has 2 aromatic rings. The number of benzene rings is 1. The Morgan fingerprint density at radius 1 is 1.10 bits per heavy atom. The van der Waals surface area contributed by atoms with Crippen LogP contribution in [0.15, 0.2) is 42.6 Å². The Hall–Kier alpha value is -1.74. The Labute approximate surface area is 118 Å². The summed E-state index contributed by atoms with van der Waals surface area (Å²) >= 11 is 0. The average molecular weight is 268 g/mol. The van der Waals surface area contributed by atoms with Crippen LogP contribution in [0, 0.1) is 5.82 Å². The van der Waals surface area contributed by atoms with Gasteiger partial charge < -0.3 is 4.90 Å². The highest BCUT2D eigenvalue weighted by Gasteiger charge is 2.44. The van der Waals surface area contributed by atoms with Gasteiger partial charge in [-0.3, -0.25) is 4.98 Å². The smallest absolute Gasteiger partial charge is 0.123 e. The van der Waals surface area contributed by atoms with Gasteiger partial charge in [-0.2, -0.15) is 0 Å². The van der Waals surface area contributed by atoms with Gasteiger partial charge in [-0.05, 0) is 49.7 Å². The van der Waals surface area contributed by atoms with Crippen molar-refractivity contribution in [1.82, 2.24) is 9.88 Å². The minimum Gasteiger partial charge on any atom is -0.302 e. The van der Waals surface area contributed by atoms with Crippen molar-refractivity contribution >= 4 is 0 Å². The summed E-state index contributed by atoms with van der Waals surface area (Å²) in [6, 6.07) is 10.8. The molecule has 2 saturated heterocycles. The first-order chi connectivity index (χ1) is 9.75. The summed E-state index contributed by atoms with van der Waals surface area (Å²) in [6.07, 6.45) is 4.48. The van der Waals surface area contributed by atoms with Crippen molar-refractivity contribution in [2.75, 3.05) is 19.6 Å². The molecule has 3 heteroatoms. The molecule has 4 rings (SSSR count). The number of piperidine rings is 1. The molecule has 1 aromatic carbocycles. The lowest BCUT2D eigenvalue weighted by molar-refractivity contribution is 0.364. The minimum atomic E-state index is -0.214. The van der Waals surface area contributed by atoms with E-state index in [-0.39, 0.29) is 5.82 Å². The predicted molar refractivity (Wildman–Crippen MR) is 77.0 cm³/mol. The summed E-state index contributed by atoms with van der Waals surface area (Å²) < 4.78 is 13.3. The molecular weight excluding hydrogens is 251 g/mol. The quantitative estimate of drug-likeness (QED) is 0.831. The fourth-order valence-corrected chi connectivity index (χ4v) is 3.63. The Bertz CT molecular complexity index is 628. The SMILES string of the molecule is Fc1cccc(-c2ccc(C34CCN(CC3)C4)cn2)c1. The molecule has 0 atom stereocenters. The molecule has 20 heavy (non-hydrogen) atoms. The van der Waals surface area contributed by atoms with Gasteiger partial charge in [0.05, 0.1) is 5.69 Å². The van der Waals surface area contributed by atoms with E-state index in [0.29, 0.717) is 5.41 Å². The lowest BCUT2D eigenvalue weighted by Gasteiger charge is -2.25. The van der Waals surface area contributed by atoms with Crippen molar-refractivity contribution in [2.45, 2.75) is 18.3 Å². The number of pyridine rings is 1. The number of hydrogen-bond acceptors (Lipinski definition) is 2. The molecule has 2 bridgehead atoms. The highest BCUT2D eigenvalue weighted by molar-refractivity contribution is 5.59. The van der Waals surface area contributed by atoms with E-state index in [1.165, 1.54) is 50.2 Å². The first-order valence-corrected chi connectivity index (χ1v) is 7.20. The fraction of sp³-hybridized carbons (Fsp3) is 0.353. The Balaban J connectivity index is 1.66. The molecule has 102 valence electrons. The number of aromatic nitrogens is 1. The highest BCUT2D eigenvalue weighted by atomic mass is 19.1. The second-order valence-corrected chi connectivity index (χ2v) is 6.00. The molecule has 0 aliphatic carbocycles. The van der Waals surface area contributed by atoms with Crippen molar-refractivity contribution in [3.05, 3.63) is 54.0 Å². The molecule has 0 unspecified atom stereocenters. The van der Waals surface area contributed by atoms with E-state index in [9.17, 15) is 4.39 Å². The van der Waals surface area contributed by atoms with Gasteiger partial charge in [-0.1, -0.05) is 18.2 Å². The largest absolute Gasteiger partial charge is 0.302 e. The summed E-state index contributed by atoms with van der Waals surface area (Å²) in [6.45, 7) is 3.60. The van der Waals surface area contributed by atoms with E-state index in [4.69, 9.17) is 0 Å². The van der Waals surface area contributed by atoms with Crippen molar-refractivity contribution in [2.24, 2.45) is 0 Å².